The van der Waals surface area contributed by atoms with Gasteiger partial charge in [-0.15, -0.1) is 0 Å². The Morgan fingerprint density at radius 3 is 2.52 bits per heavy atom. The number of nitrogens with one attached hydrogen (secondary N) is 1. The number of carbonyl (C=O) groups is 1. The van der Waals surface area contributed by atoms with Crippen LogP contribution in [0.1, 0.15) is 16.7 Å². The lowest BCUT2D eigenvalue weighted by Gasteiger charge is -2.11. The molecule has 0 heterocycles. The Hall–Kier alpha value is -1.86. The number of amides is 1. The average molecular weight is 399 g/mol. The van der Waals surface area contributed by atoms with Crippen LogP contribution in [-0.4, -0.2) is 14.3 Å². The van der Waals surface area contributed by atoms with Crippen LogP contribution in [0.25, 0.3) is 6.08 Å². The van der Waals surface area contributed by atoms with Crippen molar-refractivity contribution in [3.63, 3.8) is 0 Å². The molecule has 0 aliphatic rings. The third-order valence-corrected chi connectivity index (χ3v) is 5.35. The highest BCUT2D eigenvalue weighted by atomic mass is 35.5. The molecule has 132 valence electrons. The molecule has 0 bridgehead atoms. The van der Waals surface area contributed by atoms with Gasteiger partial charge in [0.25, 0.3) is 0 Å². The number of primary sulfonamides is 1. The number of hydrogen-bond donors (Lipinski definition) is 2. The third-order valence-electron chi connectivity index (χ3n) is 3.62. The fourth-order valence-corrected chi connectivity index (χ4v) is 3.10. The summed E-state index contributed by atoms with van der Waals surface area (Å²) in [6.45, 7) is 3.51. The summed E-state index contributed by atoms with van der Waals surface area (Å²) in [5, 5.41) is 8.53. The predicted octanol–water partition coefficient (Wildman–Crippen LogP) is 3.91. The Bertz CT molecular complexity index is 970. The zero-order valence-electron chi connectivity index (χ0n) is 13.5. The van der Waals surface area contributed by atoms with Crippen LogP contribution < -0.4 is 10.5 Å². The molecule has 1 amide bonds. The molecule has 0 atom stereocenters. The van der Waals surface area contributed by atoms with Gasteiger partial charge >= 0.3 is 0 Å². The number of benzene rings is 2. The topological polar surface area (TPSA) is 89.3 Å². The molecule has 5 nitrogen and oxygen atoms in total. The molecule has 2 aromatic rings. The maximum atomic E-state index is 12.2. The molecule has 0 fully saturated rings. The zero-order chi connectivity index (χ0) is 18.8. The third kappa shape index (κ3) is 4.83. The van der Waals surface area contributed by atoms with E-state index in [1.165, 1.54) is 24.3 Å². The largest absolute Gasteiger partial charge is 0.322 e. The summed E-state index contributed by atoms with van der Waals surface area (Å²) in [5.41, 5.74) is 2.41. The number of rotatable bonds is 4. The molecule has 3 N–H and O–H groups in total. The number of carbonyl (C=O) groups excluding carboxylic acids is 1. The minimum absolute atomic E-state index is 0.0623. The second-order valence-electron chi connectivity index (χ2n) is 5.42. The van der Waals surface area contributed by atoms with Crippen LogP contribution in [0.4, 0.5) is 5.69 Å². The van der Waals surface area contributed by atoms with Crippen LogP contribution in [-0.2, 0) is 14.8 Å². The smallest absolute Gasteiger partial charge is 0.248 e. The summed E-state index contributed by atoms with van der Waals surface area (Å²) in [6.07, 6.45) is 2.81. The van der Waals surface area contributed by atoms with Gasteiger partial charge in [-0.25, -0.2) is 13.6 Å². The van der Waals surface area contributed by atoms with E-state index in [0.717, 1.165) is 5.56 Å². The number of sulfonamides is 1. The first-order chi connectivity index (χ1) is 11.6. The van der Waals surface area contributed by atoms with Gasteiger partial charge in [0.05, 0.1) is 14.9 Å². The van der Waals surface area contributed by atoms with Gasteiger partial charge in [0.2, 0.25) is 15.9 Å². The summed E-state index contributed by atoms with van der Waals surface area (Å²) >= 11 is 12.0. The van der Waals surface area contributed by atoms with E-state index in [-0.39, 0.29) is 4.90 Å². The number of hydrogen-bond acceptors (Lipinski definition) is 3. The summed E-state index contributed by atoms with van der Waals surface area (Å²) in [7, 11) is -3.87. The van der Waals surface area contributed by atoms with Crippen molar-refractivity contribution in [1.82, 2.24) is 0 Å². The summed E-state index contributed by atoms with van der Waals surface area (Å²) in [6, 6.07) is 7.87. The maximum Gasteiger partial charge on any atom is 0.248 e. The highest BCUT2D eigenvalue weighted by molar-refractivity contribution is 7.89. The van der Waals surface area contributed by atoms with Gasteiger partial charge in [-0.2, -0.15) is 0 Å². The lowest BCUT2D eigenvalue weighted by molar-refractivity contribution is -0.111. The predicted molar refractivity (Wildman–Crippen MR) is 101 cm³/mol. The van der Waals surface area contributed by atoms with Crippen molar-refractivity contribution in [1.29, 1.82) is 0 Å². The van der Waals surface area contributed by atoms with E-state index in [4.69, 9.17) is 28.3 Å². The van der Waals surface area contributed by atoms with Crippen LogP contribution in [0, 0.1) is 13.8 Å². The van der Waals surface area contributed by atoms with Crippen molar-refractivity contribution in [2.24, 2.45) is 5.14 Å². The molecule has 0 aromatic heterocycles. The second-order valence-corrected chi connectivity index (χ2v) is 7.77. The Kier molecular flexibility index (Phi) is 5.90. The van der Waals surface area contributed by atoms with Gasteiger partial charge in [0.15, 0.2) is 0 Å². The van der Waals surface area contributed by atoms with Gasteiger partial charge in [-0.05, 0) is 54.8 Å². The summed E-state index contributed by atoms with van der Waals surface area (Å²) < 4.78 is 23.1. The van der Waals surface area contributed by atoms with Crippen molar-refractivity contribution in [2.75, 3.05) is 5.32 Å². The fourth-order valence-electron chi connectivity index (χ4n) is 2.11. The van der Waals surface area contributed by atoms with Gasteiger partial charge in [-0.1, -0.05) is 35.3 Å². The highest BCUT2D eigenvalue weighted by Gasteiger charge is 2.13. The molecule has 0 saturated carbocycles. The molecule has 0 radical (unpaired) electrons. The lowest BCUT2D eigenvalue weighted by Crippen LogP contribution is -2.15. The van der Waals surface area contributed by atoms with Crippen molar-refractivity contribution in [3.05, 3.63) is 63.1 Å². The van der Waals surface area contributed by atoms with E-state index >= 15 is 0 Å². The van der Waals surface area contributed by atoms with E-state index in [1.54, 1.807) is 32.0 Å². The first-order valence-corrected chi connectivity index (χ1v) is 9.47. The van der Waals surface area contributed by atoms with Crippen LogP contribution in [0.3, 0.4) is 0 Å². The number of aryl methyl sites for hydroxylation is 1. The molecule has 0 spiro atoms. The molecular formula is C17H16Cl2N2O3S. The zero-order valence-corrected chi connectivity index (χ0v) is 15.8. The normalized spacial score (nSPS) is 11.7. The minimum Gasteiger partial charge on any atom is -0.322 e. The lowest BCUT2D eigenvalue weighted by atomic mass is 10.1. The van der Waals surface area contributed by atoms with Gasteiger partial charge in [0, 0.05) is 11.8 Å². The van der Waals surface area contributed by atoms with Crippen LogP contribution in [0.15, 0.2) is 41.3 Å². The maximum absolute atomic E-state index is 12.2. The molecule has 2 rings (SSSR count). The van der Waals surface area contributed by atoms with E-state index in [0.29, 0.717) is 26.9 Å². The van der Waals surface area contributed by atoms with Gasteiger partial charge < -0.3 is 5.32 Å². The van der Waals surface area contributed by atoms with E-state index in [9.17, 15) is 13.2 Å². The number of anilines is 1. The van der Waals surface area contributed by atoms with Crippen LogP contribution in [0.2, 0.25) is 10.0 Å². The SMILES string of the molecule is Cc1cc(S(N)(=O)=O)cc(NC(=O)/C=C/c2cccc(Cl)c2Cl)c1C. The molecule has 25 heavy (non-hydrogen) atoms. The standard InChI is InChI=1S/C17H16Cl2N2O3S/c1-10-8-13(25(20,23)24)9-15(11(10)2)21-16(22)7-6-12-4-3-5-14(18)17(12)19/h3-9H,1-2H3,(H,21,22)(H2,20,23,24)/b7-6+. The summed E-state index contributed by atoms with van der Waals surface area (Å²) in [4.78, 5) is 12.1. The average Bonchev–Trinajstić information content (AvgIpc) is 2.52. The first-order valence-electron chi connectivity index (χ1n) is 7.16. The molecule has 2 aromatic carbocycles. The number of halogens is 2. The summed E-state index contributed by atoms with van der Waals surface area (Å²) in [5.74, 6) is -0.440. The van der Waals surface area contributed by atoms with Crippen molar-refractivity contribution >= 4 is 50.9 Å². The van der Waals surface area contributed by atoms with E-state index in [1.807, 2.05) is 0 Å². The van der Waals surface area contributed by atoms with Crippen LogP contribution in [0.5, 0.6) is 0 Å². The number of nitrogens with two attached hydrogens (primary N) is 1. The quantitative estimate of drug-likeness (QED) is 0.764. The Labute approximate surface area is 156 Å². The Morgan fingerprint density at radius 2 is 1.88 bits per heavy atom. The van der Waals surface area contributed by atoms with E-state index in [2.05, 4.69) is 5.32 Å². The Balaban J connectivity index is 2.27. The van der Waals surface area contributed by atoms with Crippen molar-refractivity contribution < 1.29 is 13.2 Å². The monoisotopic (exact) mass is 398 g/mol. The Morgan fingerprint density at radius 1 is 1.20 bits per heavy atom. The van der Waals surface area contributed by atoms with Crippen molar-refractivity contribution in [3.8, 4) is 0 Å². The molecule has 8 heteroatoms. The molecule has 0 saturated heterocycles. The molecule has 0 aliphatic heterocycles. The molecule has 0 unspecified atom stereocenters. The second kappa shape index (κ2) is 7.58. The molecular weight excluding hydrogens is 383 g/mol. The van der Waals surface area contributed by atoms with E-state index < -0.39 is 15.9 Å². The van der Waals surface area contributed by atoms with Crippen LogP contribution >= 0.6 is 23.2 Å². The van der Waals surface area contributed by atoms with Gasteiger partial charge in [-0.3, -0.25) is 4.79 Å². The first kappa shape index (κ1) is 19.5. The highest BCUT2D eigenvalue weighted by Crippen LogP contribution is 2.27. The minimum atomic E-state index is -3.87. The molecule has 0 aliphatic carbocycles. The fraction of sp³-hybridized carbons (Fsp3) is 0.118. The van der Waals surface area contributed by atoms with Gasteiger partial charge in [0.1, 0.15) is 0 Å². The van der Waals surface area contributed by atoms with Crippen molar-refractivity contribution in [2.45, 2.75) is 18.7 Å².